The first-order chi connectivity index (χ1) is 8.33. The summed E-state index contributed by atoms with van der Waals surface area (Å²) in [7, 11) is 1.65. The Morgan fingerprint density at radius 1 is 1.53 bits per heavy atom. The first kappa shape index (κ1) is 12.2. The summed E-state index contributed by atoms with van der Waals surface area (Å²) in [5.41, 5.74) is 0. The Morgan fingerprint density at radius 2 is 2.41 bits per heavy atom. The number of hydrogen-bond donors (Lipinski definition) is 1. The lowest BCUT2D eigenvalue weighted by Gasteiger charge is -2.23. The van der Waals surface area contributed by atoms with Gasteiger partial charge in [-0.25, -0.2) is 4.98 Å². The zero-order valence-electron chi connectivity index (χ0n) is 10.6. The number of pyridine rings is 1. The van der Waals surface area contributed by atoms with Gasteiger partial charge in [-0.3, -0.25) is 4.90 Å². The zero-order valence-corrected chi connectivity index (χ0v) is 10.6. The Labute approximate surface area is 103 Å². The van der Waals surface area contributed by atoms with Crippen molar-refractivity contribution < 1.29 is 4.74 Å². The average molecular weight is 235 g/mol. The summed E-state index contributed by atoms with van der Waals surface area (Å²) in [4.78, 5) is 6.83. The van der Waals surface area contributed by atoms with Gasteiger partial charge in [-0.05, 0) is 38.1 Å². The maximum atomic E-state index is 5.08. The van der Waals surface area contributed by atoms with Gasteiger partial charge in [0.05, 0.1) is 13.3 Å². The highest BCUT2D eigenvalue weighted by Gasteiger charge is 2.22. The second kappa shape index (κ2) is 5.87. The molecule has 94 valence electrons. The molecule has 0 radical (unpaired) electrons. The van der Waals surface area contributed by atoms with Crippen molar-refractivity contribution in [1.82, 2.24) is 9.88 Å². The smallest absolute Gasteiger partial charge is 0.137 e. The number of aromatic nitrogens is 1. The van der Waals surface area contributed by atoms with E-state index in [4.69, 9.17) is 4.74 Å². The quantitative estimate of drug-likeness (QED) is 0.847. The van der Waals surface area contributed by atoms with Crippen molar-refractivity contribution in [2.75, 3.05) is 32.1 Å². The van der Waals surface area contributed by atoms with Gasteiger partial charge in [0.1, 0.15) is 11.6 Å². The molecule has 1 aromatic heterocycles. The van der Waals surface area contributed by atoms with Crippen LogP contribution in [0.15, 0.2) is 18.3 Å². The van der Waals surface area contributed by atoms with Crippen molar-refractivity contribution in [2.24, 2.45) is 0 Å². The Kier molecular flexibility index (Phi) is 4.20. The lowest BCUT2D eigenvalue weighted by atomic mass is 10.2. The molecule has 1 aliphatic rings. The fourth-order valence-corrected chi connectivity index (χ4v) is 2.37. The summed E-state index contributed by atoms with van der Waals surface area (Å²) in [6.45, 7) is 5.58. The fraction of sp³-hybridized carbons (Fsp3) is 0.615. The highest BCUT2D eigenvalue weighted by atomic mass is 16.5. The van der Waals surface area contributed by atoms with E-state index in [1.165, 1.54) is 19.4 Å². The molecule has 0 bridgehead atoms. The van der Waals surface area contributed by atoms with E-state index in [2.05, 4.69) is 22.1 Å². The molecule has 0 aliphatic carbocycles. The van der Waals surface area contributed by atoms with Gasteiger partial charge in [0.2, 0.25) is 0 Å². The van der Waals surface area contributed by atoms with Crippen LogP contribution in [-0.2, 0) is 0 Å². The number of nitrogens with zero attached hydrogens (tertiary/aromatic N) is 2. The van der Waals surface area contributed by atoms with Gasteiger partial charge in [-0.15, -0.1) is 0 Å². The van der Waals surface area contributed by atoms with Crippen LogP contribution in [0.4, 0.5) is 5.82 Å². The Bertz CT molecular complexity index is 339. The van der Waals surface area contributed by atoms with E-state index in [1.807, 2.05) is 12.1 Å². The maximum absolute atomic E-state index is 5.08. The highest BCUT2D eigenvalue weighted by Crippen LogP contribution is 2.17. The predicted octanol–water partition coefficient (Wildman–Crippen LogP) is 1.99. The molecule has 1 aliphatic heterocycles. The second-order valence-electron chi connectivity index (χ2n) is 4.39. The van der Waals surface area contributed by atoms with E-state index in [-0.39, 0.29) is 0 Å². The minimum atomic E-state index is 0.656. The SMILES string of the molecule is CCN1CCCC1CNc1ccc(OC)cn1. The molecule has 1 atom stereocenters. The van der Waals surface area contributed by atoms with Gasteiger partial charge in [-0.2, -0.15) is 0 Å². The summed E-state index contributed by atoms with van der Waals surface area (Å²) in [5, 5.41) is 3.39. The van der Waals surface area contributed by atoms with E-state index in [9.17, 15) is 0 Å². The van der Waals surface area contributed by atoms with Crippen LogP contribution < -0.4 is 10.1 Å². The third-order valence-corrected chi connectivity index (χ3v) is 3.40. The fourth-order valence-electron chi connectivity index (χ4n) is 2.37. The van der Waals surface area contributed by atoms with E-state index < -0.39 is 0 Å². The first-order valence-electron chi connectivity index (χ1n) is 6.31. The van der Waals surface area contributed by atoms with Crippen molar-refractivity contribution in [3.63, 3.8) is 0 Å². The minimum Gasteiger partial charge on any atom is -0.495 e. The molecule has 1 fully saturated rings. The molecule has 2 rings (SSSR count). The highest BCUT2D eigenvalue weighted by molar-refractivity contribution is 5.37. The molecule has 1 N–H and O–H groups in total. The third-order valence-electron chi connectivity index (χ3n) is 3.40. The number of likely N-dealkylation sites (N-methyl/N-ethyl adjacent to an activating group) is 1. The maximum Gasteiger partial charge on any atom is 0.137 e. The molecule has 0 aromatic carbocycles. The summed E-state index contributed by atoms with van der Waals surface area (Å²) in [5.74, 6) is 1.72. The van der Waals surface area contributed by atoms with Gasteiger partial charge < -0.3 is 10.1 Å². The first-order valence-corrected chi connectivity index (χ1v) is 6.31. The second-order valence-corrected chi connectivity index (χ2v) is 4.39. The number of likely N-dealkylation sites (tertiary alicyclic amines) is 1. The lowest BCUT2D eigenvalue weighted by molar-refractivity contribution is 0.277. The normalized spacial score (nSPS) is 20.5. The standard InChI is InChI=1S/C13H21N3O/c1-3-16-8-4-5-11(16)9-14-13-7-6-12(17-2)10-15-13/h6-7,10-11H,3-5,8-9H2,1-2H3,(H,14,15). The van der Waals surface area contributed by atoms with Crippen molar-refractivity contribution in [1.29, 1.82) is 0 Å². The Morgan fingerprint density at radius 3 is 3.06 bits per heavy atom. The predicted molar refractivity (Wildman–Crippen MR) is 69.5 cm³/mol. The summed E-state index contributed by atoms with van der Waals surface area (Å²) in [6.07, 6.45) is 4.35. The van der Waals surface area contributed by atoms with Gasteiger partial charge in [-0.1, -0.05) is 6.92 Å². The molecular weight excluding hydrogens is 214 g/mol. The Hall–Kier alpha value is -1.29. The van der Waals surface area contributed by atoms with Crippen LogP contribution in [0.5, 0.6) is 5.75 Å². The number of ether oxygens (including phenoxy) is 1. The number of rotatable bonds is 5. The third kappa shape index (κ3) is 3.09. The van der Waals surface area contributed by atoms with Crippen LogP contribution in [0.2, 0.25) is 0 Å². The molecule has 1 aromatic rings. The van der Waals surface area contributed by atoms with E-state index >= 15 is 0 Å². The van der Waals surface area contributed by atoms with E-state index in [0.29, 0.717) is 6.04 Å². The van der Waals surface area contributed by atoms with Crippen molar-refractivity contribution in [2.45, 2.75) is 25.8 Å². The molecule has 17 heavy (non-hydrogen) atoms. The zero-order chi connectivity index (χ0) is 12.1. The van der Waals surface area contributed by atoms with Crippen LogP contribution in [0.25, 0.3) is 0 Å². The molecule has 2 heterocycles. The number of hydrogen-bond acceptors (Lipinski definition) is 4. The largest absolute Gasteiger partial charge is 0.495 e. The van der Waals surface area contributed by atoms with Crippen LogP contribution >= 0.6 is 0 Å². The van der Waals surface area contributed by atoms with Crippen molar-refractivity contribution in [3.05, 3.63) is 18.3 Å². The number of anilines is 1. The summed E-state index contributed by atoms with van der Waals surface area (Å²) >= 11 is 0. The molecule has 4 nitrogen and oxygen atoms in total. The van der Waals surface area contributed by atoms with Crippen LogP contribution in [0.3, 0.4) is 0 Å². The molecule has 1 saturated heterocycles. The number of nitrogens with one attached hydrogen (secondary N) is 1. The lowest BCUT2D eigenvalue weighted by Crippen LogP contribution is -2.34. The minimum absolute atomic E-state index is 0.656. The van der Waals surface area contributed by atoms with E-state index in [1.54, 1.807) is 13.3 Å². The van der Waals surface area contributed by atoms with Crippen LogP contribution in [-0.4, -0.2) is 42.7 Å². The van der Waals surface area contributed by atoms with Gasteiger partial charge in [0, 0.05) is 12.6 Å². The molecular formula is C13H21N3O. The monoisotopic (exact) mass is 235 g/mol. The molecule has 0 amide bonds. The summed E-state index contributed by atoms with van der Waals surface area (Å²) < 4.78 is 5.08. The van der Waals surface area contributed by atoms with E-state index in [0.717, 1.165) is 24.7 Å². The van der Waals surface area contributed by atoms with Gasteiger partial charge in [0.25, 0.3) is 0 Å². The van der Waals surface area contributed by atoms with Gasteiger partial charge >= 0.3 is 0 Å². The number of methoxy groups -OCH3 is 1. The average Bonchev–Trinajstić information content (AvgIpc) is 2.84. The topological polar surface area (TPSA) is 37.4 Å². The Balaban J connectivity index is 1.84. The molecule has 0 spiro atoms. The van der Waals surface area contributed by atoms with Gasteiger partial charge in [0.15, 0.2) is 0 Å². The van der Waals surface area contributed by atoms with Crippen LogP contribution in [0.1, 0.15) is 19.8 Å². The molecule has 0 saturated carbocycles. The van der Waals surface area contributed by atoms with Crippen LogP contribution in [0, 0.1) is 0 Å². The van der Waals surface area contributed by atoms with Crippen molar-refractivity contribution >= 4 is 5.82 Å². The summed E-state index contributed by atoms with van der Waals surface area (Å²) in [6, 6.07) is 4.55. The molecule has 1 unspecified atom stereocenters. The van der Waals surface area contributed by atoms with Crippen molar-refractivity contribution in [3.8, 4) is 5.75 Å². The molecule has 4 heteroatoms.